The maximum absolute atomic E-state index is 13.4. The van der Waals surface area contributed by atoms with E-state index in [1.165, 1.54) is 28.6 Å². The van der Waals surface area contributed by atoms with E-state index in [0.29, 0.717) is 31.2 Å². The minimum absolute atomic E-state index is 0.154. The van der Waals surface area contributed by atoms with Crippen LogP contribution in [0.3, 0.4) is 0 Å². The Bertz CT molecular complexity index is 1720. The van der Waals surface area contributed by atoms with Crippen molar-refractivity contribution in [2.45, 2.75) is 57.3 Å². The summed E-state index contributed by atoms with van der Waals surface area (Å²) in [6, 6.07) is 48.1. The van der Waals surface area contributed by atoms with Gasteiger partial charge in [0.2, 0.25) is 0 Å². The average molecular weight is 702 g/mol. The Morgan fingerprint density at radius 3 is 1.55 bits per heavy atom. The third-order valence-electron chi connectivity index (χ3n) is 9.73. The third kappa shape index (κ3) is 8.97. The summed E-state index contributed by atoms with van der Waals surface area (Å²) >= 11 is 0. The zero-order chi connectivity index (χ0) is 36.3. The largest absolute Gasteiger partial charge is 0.493 e. The van der Waals surface area contributed by atoms with Gasteiger partial charge in [-0.05, 0) is 44.2 Å². The van der Waals surface area contributed by atoms with Gasteiger partial charge in [-0.2, -0.15) is 0 Å². The third-order valence-corrected chi connectivity index (χ3v) is 14.7. The summed E-state index contributed by atoms with van der Waals surface area (Å²) in [5.41, 5.74) is 3.29. The fraction of sp³-hybridized carbons (Fsp3) is 0.295. The molecule has 51 heavy (non-hydrogen) atoms. The highest BCUT2D eigenvalue weighted by atomic mass is 28.4. The highest BCUT2D eigenvalue weighted by Gasteiger charge is 2.51. The van der Waals surface area contributed by atoms with Crippen molar-refractivity contribution in [2.24, 2.45) is 0 Å². The first-order chi connectivity index (χ1) is 24.7. The van der Waals surface area contributed by atoms with E-state index >= 15 is 0 Å². The summed E-state index contributed by atoms with van der Waals surface area (Å²) in [6.07, 6.45) is 0.154. The smallest absolute Gasteiger partial charge is 0.306 e. The van der Waals surface area contributed by atoms with Gasteiger partial charge in [-0.15, -0.1) is 0 Å². The summed E-state index contributed by atoms with van der Waals surface area (Å²) in [5, 5.41) is 2.18. The highest BCUT2D eigenvalue weighted by molar-refractivity contribution is 6.99. The number of benzene rings is 5. The molecule has 0 saturated heterocycles. The molecule has 0 aliphatic heterocycles. The van der Waals surface area contributed by atoms with Crippen LogP contribution in [0.15, 0.2) is 140 Å². The van der Waals surface area contributed by atoms with Gasteiger partial charge in [0.1, 0.15) is 0 Å². The summed E-state index contributed by atoms with van der Waals surface area (Å²) in [5.74, 6) is 0.630. The monoisotopic (exact) mass is 701 g/mol. The van der Waals surface area contributed by atoms with Crippen molar-refractivity contribution in [1.82, 2.24) is 4.90 Å². The molecule has 0 N–H and O–H groups in total. The lowest BCUT2D eigenvalue weighted by atomic mass is 9.87. The van der Waals surface area contributed by atoms with Crippen molar-refractivity contribution in [1.29, 1.82) is 0 Å². The topological polar surface area (TPSA) is 57.2 Å². The van der Waals surface area contributed by atoms with Gasteiger partial charge in [0.15, 0.2) is 11.5 Å². The Morgan fingerprint density at radius 2 is 1.12 bits per heavy atom. The van der Waals surface area contributed by atoms with E-state index in [2.05, 4.69) is 135 Å². The summed E-state index contributed by atoms with van der Waals surface area (Å²) < 4.78 is 24.5. The van der Waals surface area contributed by atoms with Gasteiger partial charge < -0.3 is 18.6 Å². The molecule has 0 bridgehead atoms. The molecule has 0 amide bonds. The number of carbonyl (C=O) groups is 1. The number of ether oxygens (including phenoxy) is 3. The first kappa shape index (κ1) is 37.6. The molecular formula is C44H51NO5Si. The number of nitrogens with zero attached hydrogens (tertiary/aromatic N) is 1. The number of hydrogen-bond donors (Lipinski definition) is 0. The van der Waals surface area contributed by atoms with Crippen molar-refractivity contribution in [3.8, 4) is 11.5 Å². The number of carbonyl (C=O) groups excluding carboxylic acids is 1. The van der Waals surface area contributed by atoms with Crippen LogP contribution in [0.25, 0.3) is 0 Å². The minimum atomic E-state index is -2.96. The van der Waals surface area contributed by atoms with E-state index in [4.69, 9.17) is 18.6 Å². The van der Waals surface area contributed by atoms with Crippen LogP contribution < -0.4 is 19.8 Å². The molecule has 5 aromatic carbocycles. The van der Waals surface area contributed by atoms with Crippen LogP contribution in [0, 0.1) is 0 Å². The lowest BCUT2D eigenvalue weighted by Crippen LogP contribution is -2.67. The van der Waals surface area contributed by atoms with Crippen LogP contribution in [-0.2, 0) is 27.0 Å². The molecule has 0 heterocycles. The molecule has 0 unspecified atom stereocenters. The Hall–Kier alpha value is -4.69. The molecule has 0 aromatic heterocycles. The van der Waals surface area contributed by atoms with Gasteiger partial charge in [0, 0.05) is 25.0 Å². The quantitative estimate of drug-likeness (QED) is 0.0768. The van der Waals surface area contributed by atoms with Crippen molar-refractivity contribution < 1.29 is 23.4 Å². The maximum Gasteiger partial charge on any atom is 0.306 e. The SMILES string of the molecule is COC(=O)C[C@H](c1ccc(OC)c(OC)c1)[C@H](CO[Si](c1ccccc1)(c1ccccc1)C(C)(C)C)N(Cc1ccccc1)Cc1ccccc1. The predicted molar refractivity (Wildman–Crippen MR) is 208 cm³/mol. The van der Waals surface area contributed by atoms with E-state index in [-0.39, 0.29) is 29.4 Å². The summed E-state index contributed by atoms with van der Waals surface area (Å²) in [4.78, 5) is 15.9. The molecule has 2 atom stereocenters. The lowest BCUT2D eigenvalue weighted by Gasteiger charge is -2.46. The Kier molecular flexibility index (Phi) is 12.9. The summed E-state index contributed by atoms with van der Waals surface area (Å²) in [6.45, 7) is 8.54. The normalized spacial score (nSPS) is 13.0. The molecule has 5 aromatic rings. The van der Waals surface area contributed by atoms with Crippen molar-refractivity contribution in [2.75, 3.05) is 27.9 Å². The van der Waals surface area contributed by atoms with Gasteiger partial charge >= 0.3 is 5.97 Å². The number of rotatable bonds is 16. The van der Waals surface area contributed by atoms with E-state index in [1.54, 1.807) is 14.2 Å². The molecule has 6 nitrogen and oxygen atoms in total. The molecule has 0 radical (unpaired) electrons. The van der Waals surface area contributed by atoms with E-state index in [9.17, 15) is 4.79 Å². The summed E-state index contributed by atoms with van der Waals surface area (Å²) in [7, 11) is 1.76. The second-order valence-electron chi connectivity index (χ2n) is 13.9. The fourth-order valence-electron chi connectivity index (χ4n) is 7.20. The van der Waals surface area contributed by atoms with Gasteiger partial charge in [-0.3, -0.25) is 9.69 Å². The Balaban J connectivity index is 1.72. The molecule has 0 saturated carbocycles. The van der Waals surface area contributed by atoms with Gasteiger partial charge in [0.05, 0.1) is 34.4 Å². The standard InChI is InChI=1S/C44H51NO5Si/c1-44(2,3)51(37-23-15-9-16-24-37,38-25-17-10-18-26-38)50-33-40(39(30-43(46)49-6)36-27-28-41(47-4)42(29-36)48-5)45(31-34-19-11-7-12-20-34)32-35-21-13-8-14-22-35/h7-29,39-40H,30-33H2,1-6H3/t39-,40+/m1/s1. The molecule has 0 aliphatic carbocycles. The maximum atomic E-state index is 13.4. The number of esters is 1. The lowest BCUT2D eigenvalue weighted by molar-refractivity contribution is -0.141. The van der Waals surface area contributed by atoms with Crippen LogP contribution in [0.4, 0.5) is 0 Å². The second-order valence-corrected chi connectivity index (χ2v) is 18.2. The molecule has 266 valence electrons. The first-order valence-corrected chi connectivity index (χ1v) is 19.5. The van der Waals surface area contributed by atoms with Crippen LogP contribution >= 0.6 is 0 Å². The average Bonchev–Trinajstić information content (AvgIpc) is 3.16. The molecule has 5 rings (SSSR count). The molecule has 0 aliphatic rings. The van der Waals surface area contributed by atoms with Crippen LogP contribution in [0.5, 0.6) is 11.5 Å². The minimum Gasteiger partial charge on any atom is -0.493 e. The van der Waals surface area contributed by atoms with E-state index in [1.807, 2.05) is 30.3 Å². The van der Waals surface area contributed by atoms with Crippen LogP contribution in [-0.4, -0.2) is 53.2 Å². The van der Waals surface area contributed by atoms with E-state index in [0.717, 1.165) is 5.56 Å². The second kappa shape index (κ2) is 17.5. The Labute approximate surface area is 305 Å². The highest BCUT2D eigenvalue weighted by Crippen LogP contribution is 2.40. The van der Waals surface area contributed by atoms with Crippen LogP contribution in [0.2, 0.25) is 5.04 Å². The van der Waals surface area contributed by atoms with Gasteiger partial charge in [-0.25, -0.2) is 0 Å². The molecule has 0 fully saturated rings. The molecule has 7 heteroatoms. The molecule has 0 spiro atoms. The fourth-order valence-corrected chi connectivity index (χ4v) is 11.8. The first-order valence-electron chi connectivity index (χ1n) is 17.6. The zero-order valence-electron chi connectivity index (χ0n) is 30.8. The van der Waals surface area contributed by atoms with Crippen molar-refractivity contribution >= 4 is 24.7 Å². The van der Waals surface area contributed by atoms with Crippen LogP contribution in [0.1, 0.15) is 49.8 Å². The number of methoxy groups -OCH3 is 3. The Morgan fingerprint density at radius 1 is 0.647 bits per heavy atom. The predicted octanol–water partition coefficient (Wildman–Crippen LogP) is 8.00. The van der Waals surface area contributed by atoms with Crippen molar-refractivity contribution in [3.05, 3.63) is 156 Å². The van der Waals surface area contributed by atoms with Crippen molar-refractivity contribution in [3.63, 3.8) is 0 Å². The number of hydrogen-bond acceptors (Lipinski definition) is 6. The van der Waals surface area contributed by atoms with E-state index < -0.39 is 8.32 Å². The zero-order valence-corrected chi connectivity index (χ0v) is 31.8. The molecular weight excluding hydrogens is 651 g/mol. The van der Waals surface area contributed by atoms with Gasteiger partial charge in [-0.1, -0.05) is 148 Å². The van der Waals surface area contributed by atoms with Gasteiger partial charge in [0.25, 0.3) is 8.32 Å².